The van der Waals surface area contributed by atoms with Crippen LogP contribution >= 0.6 is 0 Å². The molecule has 0 aromatic rings. The summed E-state index contributed by atoms with van der Waals surface area (Å²) in [6.45, 7) is 2.88. The zero-order chi connectivity index (χ0) is 12.1. The van der Waals surface area contributed by atoms with Crippen LogP contribution in [0.25, 0.3) is 0 Å². The Kier molecular flexibility index (Phi) is 2.10. The molecule has 4 rings (SSSR count). The quantitative estimate of drug-likeness (QED) is 0.780. The predicted octanol–water partition coefficient (Wildman–Crippen LogP) is 0.856. The number of amides is 1. The smallest absolute Gasteiger partial charge is 0.266 e. The van der Waals surface area contributed by atoms with Crippen LogP contribution in [0.2, 0.25) is 0 Å². The van der Waals surface area contributed by atoms with E-state index in [4.69, 9.17) is 4.74 Å². The summed E-state index contributed by atoms with van der Waals surface area (Å²) in [5.74, 6) is -0.00287. The average molecular weight is 242 g/mol. The second kappa shape index (κ2) is 3.67. The van der Waals surface area contributed by atoms with Crippen molar-refractivity contribution in [2.24, 2.45) is 0 Å². The maximum Gasteiger partial charge on any atom is 0.266 e. The van der Waals surface area contributed by atoms with Crippen molar-refractivity contribution in [3.05, 3.63) is 46.1 Å². The lowest BCUT2D eigenvalue weighted by Crippen LogP contribution is -2.48. The van der Waals surface area contributed by atoms with Gasteiger partial charge in [0.1, 0.15) is 0 Å². The molecule has 1 heterocycles. The van der Waals surface area contributed by atoms with Crippen LogP contribution in [-0.2, 0) is 9.53 Å². The molecule has 1 amide bonds. The van der Waals surface area contributed by atoms with Crippen molar-refractivity contribution >= 4 is 5.91 Å². The highest BCUT2D eigenvalue weighted by atomic mass is 16.5. The predicted molar refractivity (Wildman–Crippen MR) is 66.4 cm³/mol. The fourth-order valence-corrected chi connectivity index (χ4v) is 2.71. The molecule has 4 aliphatic rings. The van der Waals surface area contributed by atoms with E-state index in [9.17, 15) is 4.79 Å². The van der Waals surface area contributed by atoms with Gasteiger partial charge in [-0.3, -0.25) is 10.2 Å². The summed E-state index contributed by atoms with van der Waals surface area (Å²) < 4.78 is 5.26. The zero-order valence-electron chi connectivity index (χ0n) is 10.0. The molecule has 1 N–H and O–H groups in total. The van der Waals surface area contributed by atoms with Crippen LogP contribution in [0, 0.1) is 0 Å². The number of carbonyl (C=O) groups is 1. The number of nitrogens with zero attached hydrogens (tertiary/aromatic N) is 1. The van der Waals surface area contributed by atoms with Gasteiger partial charge in [0.25, 0.3) is 5.91 Å². The number of ether oxygens (including phenoxy) is 1. The summed E-state index contributed by atoms with van der Waals surface area (Å²) in [6.07, 6.45) is 7.26. The van der Waals surface area contributed by atoms with Crippen LogP contribution in [0.5, 0.6) is 0 Å². The van der Waals surface area contributed by atoms with Gasteiger partial charge in [0, 0.05) is 18.7 Å². The standard InChI is InChI=1S/C14H14N2O2/c17-14(15-16-3-5-18-6-4-16)11-2-1-10-12-7-9(12)8-13(10)11/h1-2,8H,3-7H2,(H,15,17). The first-order valence-electron chi connectivity index (χ1n) is 6.33. The van der Waals surface area contributed by atoms with Crippen LogP contribution in [0.1, 0.15) is 6.42 Å². The van der Waals surface area contributed by atoms with E-state index in [1.54, 1.807) is 0 Å². The molecular formula is C14H14N2O2. The molecule has 0 bridgehead atoms. The molecule has 1 saturated heterocycles. The number of carbonyl (C=O) groups excluding carboxylic acids is 1. The Morgan fingerprint density at radius 2 is 2.06 bits per heavy atom. The summed E-state index contributed by atoms with van der Waals surface area (Å²) in [7, 11) is 0. The number of hydrogen-bond donors (Lipinski definition) is 1. The molecule has 18 heavy (non-hydrogen) atoms. The molecule has 92 valence electrons. The van der Waals surface area contributed by atoms with Gasteiger partial charge in [-0.1, -0.05) is 6.08 Å². The molecule has 0 spiro atoms. The SMILES string of the molecule is O=C(NN1CCOCC1)C1=C2C=C3CC3=C2C=C1. The van der Waals surface area contributed by atoms with Gasteiger partial charge >= 0.3 is 0 Å². The molecule has 4 heteroatoms. The van der Waals surface area contributed by atoms with Gasteiger partial charge < -0.3 is 4.74 Å². The van der Waals surface area contributed by atoms with E-state index < -0.39 is 0 Å². The first kappa shape index (κ1) is 10.3. The van der Waals surface area contributed by atoms with E-state index in [1.807, 2.05) is 11.1 Å². The van der Waals surface area contributed by atoms with E-state index in [0.29, 0.717) is 13.2 Å². The highest BCUT2D eigenvalue weighted by molar-refractivity contribution is 6.01. The monoisotopic (exact) mass is 242 g/mol. The van der Waals surface area contributed by atoms with Crippen molar-refractivity contribution in [3.8, 4) is 0 Å². The Bertz CT molecular complexity index is 560. The highest BCUT2D eigenvalue weighted by Crippen LogP contribution is 2.51. The molecule has 0 atom stereocenters. The first-order chi connectivity index (χ1) is 8.83. The lowest BCUT2D eigenvalue weighted by molar-refractivity contribution is -0.123. The first-order valence-corrected chi connectivity index (χ1v) is 6.33. The Morgan fingerprint density at radius 3 is 2.89 bits per heavy atom. The van der Waals surface area contributed by atoms with Crippen molar-refractivity contribution in [2.75, 3.05) is 26.3 Å². The highest BCUT2D eigenvalue weighted by Gasteiger charge is 2.35. The number of morpholine rings is 1. The van der Waals surface area contributed by atoms with Gasteiger partial charge in [-0.25, -0.2) is 5.01 Å². The largest absolute Gasteiger partial charge is 0.379 e. The van der Waals surface area contributed by atoms with Crippen LogP contribution in [0.15, 0.2) is 46.1 Å². The molecule has 0 aromatic carbocycles. The van der Waals surface area contributed by atoms with Crippen molar-refractivity contribution in [1.29, 1.82) is 0 Å². The van der Waals surface area contributed by atoms with E-state index in [1.165, 1.54) is 16.7 Å². The second-order valence-electron chi connectivity index (χ2n) is 4.94. The minimum atomic E-state index is -0.00287. The van der Waals surface area contributed by atoms with E-state index in [0.717, 1.165) is 30.7 Å². The molecule has 4 nitrogen and oxygen atoms in total. The fraction of sp³-hybridized carbons (Fsp3) is 0.357. The second-order valence-corrected chi connectivity index (χ2v) is 4.94. The summed E-state index contributed by atoms with van der Waals surface area (Å²) in [5, 5.41) is 1.93. The van der Waals surface area contributed by atoms with Gasteiger partial charge in [-0.2, -0.15) is 0 Å². The lowest BCUT2D eigenvalue weighted by Gasteiger charge is -2.27. The number of hydrazine groups is 1. The summed E-state index contributed by atoms with van der Waals surface area (Å²) in [6, 6.07) is 0. The third-order valence-corrected chi connectivity index (χ3v) is 3.79. The third kappa shape index (κ3) is 1.50. The molecule has 0 radical (unpaired) electrons. The Balaban J connectivity index is 1.53. The Labute approximate surface area is 105 Å². The van der Waals surface area contributed by atoms with Crippen molar-refractivity contribution in [2.45, 2.75) is 6.42 Å². The molecule has 0 aromatic heterocycles. The van der Waals surface area contributed by atoms with Crippen LogP contribution in [0.4, 0.5) is 0 Å². The van der Waals surface area contributed by atoms with E-state index in [-0.39, 0.29) is 5.91 Å². The number of nitrogens with one attached hydrogen (secondary N) is 1. The van der Waals surface area contributed by atoms with Gasteiger partial charge in [-0.15, -0.1) is 0 Å². The maximum absolute atomic E-state index is 12.2. The van der Waals surface area contributed by atoms with E-state index >= 15 is 0 Å². The van der Waals surface area contributed by atoms with Crippen molar-refractivity contribution in [3.63, 3.8) is 0 Å². The summed E-state index contributed by atoms with van der Waals surface area (Å²) in [5.41, 5.74) is 8.95. The van der Waals surface area contributed by atoms with Crippen molar-refractivity contribution < 1.29 is 9.53 Å². The van der Waals surface area contributed by atoms with Gasteiger partial charge in [0.15, 0.2) is 0 Å². The topological polar surface area (TPSA) is 41.6 Å². The van der Waals surface area contributed by atoms with Crippen LogP contribution < -0.4 is 5.43 Å². The molecule has 2 fully saturated rings. The molecule has 0 unspecified atom stereocenters. The minimum absolute atomic E-state index is 0.00287. The molecule has 1 aliphatic heterocycles. The zero-order valence-corrected chi connectivity index (χ0v) is 10.0. The number of rotatable bonds is 2. The molecular weight excluding hydrogens is 228 g/mol. The van der Waals surface area contributed by atoms with Gasteiger partial charge in [0.2, 0.25) is 0 Å². The van der Waals surface area contributed by atoms with Crippen LogP contribution in [0.3, 0.4) is 0 Å². The van der Waals surface area contributed by atoms with E-state index in [2.05, 4.69) is 17.6 Å². The Hall–Kier alpha value is -1.65. The number of allylic oxidation sites excluding steroid dienone is 6. The molecule has 3 aliphatic carbocycles. The minimum Gasteiger partial charge on any atom is -0.379 e. The maximum atomic E-state index is 12.2. The summed E-state index contributed by atoms with van der Waals surface area (Å²) in [4.78, 5) is 12.2. The number of fused-ring (bicyclic) bond motifs is 2. The number of hydrogen-bond acceptors (Lipinski definition) is 3. The average Bonchev–Trinajstić information content (AvgIpc) is 2.86. The van der Waals surface area contributed by atoms with Crippen LogP contribution in [-0.4, -0.2) is 37.2 Å². The Morgan fingerprint density at radius 1 is 1.22 bits per heavy atom. The third-order valence-electron chi connectivity index (χ3n) is 3.79. The lowest BCUT2D eigenvalue weighted by atomic mass is 10.1. The molecule has 1 saturated carbocycles. The van der Waals surface area contributed by atoms with Gasteiger partial charge in [-0.05, 0) is 40.9 Å². The van der Waals surface area contributed by atoms with Crippen molar-refractivity contribution in [1.82, 2.24) is 10.4 Å². The summed E-state index contributed by atoms with van der Waals surface area (Å²) >= 11 is 0. The normalized spacial score (nSPS) is 25.2. The fourth-order valence-electron chi connectivity index (χ4n) is 2.71. The van der Waals surface area contributed by atoms with Gasteiger partial charge in [0.05, 0.1) is 13.2 Å².